The zero-order valence-electron chi connectivity index (χ0n) is 11.8. The summed E-state index contributed by atoms with van der Waals surface area (Å²) in [5, 5.41) is 0.951. The number of aromatic nitrogens is 2. The first kappa shape index (κ1) is 17.4. The van der Waals surface area contributed by atoms with Crippen molar-refractivity contribution in [3.8, 4) is 0 Å². The van der Waals surface area contributed by atoms with Crippen molar-refractivity contribution in [3.63, 3.8) is 0 Å². The van der Waals surface area contributed by atoms with Crippen LogP contribution in [0.5, 0.6) is 0 Å². The SMILES string of the molecule is CCOC(=O)Cc1ccnc(Cl)c1.Cc1ccnc(Cl)c1. The molecule has 2 aromatic rings. The van der Waals surface area contributed by atoms with Gasteiger partial charge < -0.3 is 4.74 Å². The Balaban J connectivity index is 0.000000235. The Morgan fingerprint density at radius 2 is 1.76 bits per heavy atom. The van der Waals surface area contributed by atoms with Crippen molar-refractivity contribution in [2.45, 2.75) is 20.3 Å². The molecular formula is C15H16Cl2N2O2. The van der Waals surface area contributed by atoms with Crippen molar-refractivity contribution < 1.29 is 9.53 Å². The largest absolute Gasteiger partial charge is 0.466 e. The predicted octanol–water partition coefficient (Wildman–Crippen LogP) is 3.88. The van der Waals surface area contributed by atoms with Gasteiger partial charge >= 0.3 is 5.97 Å². The molecule has 0 N–H and O–H groups in total. The first-order valence-corrected chi connectivity index (χ1v) is 7.11. The number of ether oxygens (including phenoxy) is 1. The summed E-state index contributed by atoms with van der Waals surface area (Å²) in [6, 6.07) is 7.12. The van der Waals surface area contributed by atoms with E-state index in [0.717, 1.165) is 11.1 Å². The van der Waals surface area contributed by atoms with Gasteiger partial charge in [0.15, 0.2) is 0 Å². The minimum absolute atomic E-state index is 0.246. The van der Waals surface area contributed by atoms with Gasteiger partial charge in [0.1, 0.15) is 10.3 Å². The van der Waals surface area contributed by atoms with Crippen molar-refractivity contribution >= 4 is 29.2 Å². The molecule has 0 atom stereocenters. The fourth-order valence-corrected chi connectivity index (χ4v) is 1.86. The van der Waals surface area contributed by atoms with Gasteiger partial charge in [-0.05, 0) is 49.2 Å². The van der Waals surface area contributed by atoms with Crippen LogP contribution < -0.4 is 0 Å². The number of rotatable bonds is 3. The molecule has 0 spiro atoms. The molecule has 21 heavy (non-hydrogen) atoms. The van der Waals surface area contributed by atoms with Gasteiger partial charge in [0.2, 0.25) is 0 Å². The topological polar surface area (TPSA) is 52.1 Å². The Morgan fingerprint density at radius 1 is 1.14 bits per heavy atom. The summed E-state index contributed by atoms with van der Waals surface area (Å²) < 4.78 is 4.78. The lowest BCUT2D eigenvalue weighted by Gasteiger charge is -2.01. The molecule has 0 aromatic carbocycles. The van der Waals surface area contributed by atoms with E-state index in [1.165, 1.54) is 0 Å². The second-order valence-electron chi connectivity index (χ2n) is 4.12. The standard InChI is InChI=1S/C9H10ClNO2.C6H6ClN/c1-2-13-9(12)6-7-3-4-11-8(10)5-7;1-5-2-3-8-6(7)4-5/h3-5H,2,6H2,1H3;2-4H,1H3. The summed E-state index contributed by atoms with van der Waals surface area (Å²) in [5.41, 5.74) is 1.96. The maximum Gasteiger partial charge on any atom is 0.310 e. The highest BCUT2D eigenvalue weighted by Gasteiger charge is 2.03. The quantitative estimate of drug-likeness (QED) is 0.634. The van der Waals surface area contributed by atoms with E-state index >= 15 is 0 Å². The molecule has 0 radical (unpaired) electrons. The van der Waals surface area contributed by atoms with Gasteiger partial charge in [-0.2, -0.15) is 0 Å². The lowest BCUT2D eigenvalue weighted by atomic mass is 10.2. The Labute approximate surface area is 134 Å². The van der Waals surface area contributed by atoms with E-state index in [2.05, 4.69) is 9.97 Å². The second kappa shape index (κ2) is 9.32. The number of halogens is 2. The molecule has 0 amide bonds. The Kier molecular flexibility index (Phi) is 7.72. The molecule has 6 heteroatoms. The highest BCUT2D eigenvalue weighted by molar-refractivity contribution is 6.29. The number of carbonyl (C=O) groups excluding carboxylic acids is 1. The van der Waals surface area contributed by atoms with Crippen LogP contribution in [0, 0.1) is 6.92 Å². The van der Waals surface area contributed by atoms with Crippen LogP contribution in [0.1, 0.15) is 18.1 Å². The van der Waals surface area contributed by atoms with Crippen molar-refractivity contribution in [2.75, 3.05) is 6.61 Å². The molecule has 0 bridgehead atoms. The van der Waals surface area contributed by atoms with Crippen LogP contribution in [0.3, 0.4) is 0 Å². The lowest BCUT2D eigenvalue weighted by molar-refractivity contribution is -0.142. The van der Waals surface area contributed by atoms with Gasteiger partial charge in [0.05, 0.1) is 13.0 Å². The molecule has 2 rings (SSSR count). The molecule has 0 fully saturated rings. The molecule has 0 aliphatic heterocycles. The van der Waals surface area contributed by atoms with E-state index in [1.54, 1.807) is 31.5 Å². The second-order valence-corrected chi connectivity index (χ2v) is 4.90. The number of carbonyl (C=O) groups is 1. The fourth-order valence-electron chi connectivity index (χ4n) is 1.43. The number of esters is 1. The highest BCUT2D eigenvalue weighted by atomic mass is 35.5. The molecule has 112 valence electrons. The molecule has 0 saturated heterocycles. The van der Waals surface area contributed by atoms with E-state index in [4.69, 9.17) is 27.9 Å². The van der Waals surface area contributed by atoms with Crippen molar-refractivity contribution in [3.05, 3.63) is 58.1 Å². The van der Waals surface area contributed by atoms with Crippen LogP contribution in [0.25, 0.3) is 0 Å². The third kappa shape index (κ3) is 7.63. The van der Waals surface area contributed by atoms with E-state index in [-0.39, 0.29) is 12.4 Å². The number of aryl methyl sites for hydroxylation is 1. The summed E-state index contributed by atoms with van der Waals surface area (Å²) in [7, 11) is 0. The summed E-state index contributed by atoms with van der Waals surface area (Å²) in [6.45, 7) is 4.16. The highest BCUT2D eigenvalue weighted by Crippen LogP contribution is 2.08. The number of nitrogens with zero attached hydrogens (tertiary/aromatic N) is 2. The monoisotopic (exact) mass is 326 g/mol. The molecule has 2 heterocycles. The van der Waals surface area contributed by atoms with E-state index in [0.29, 0.717) is 16.9 Å². The van der Waals surface area contributed by atoms with E-state index in [9.17, 15) is 4.79 Å². The van der Waals surface area contributed by atoms with E-state index in [1.807, 2.05) is 19.1 Å². The van der Waals surface area contributed by atoms with Crippen LogP contribution in [-0.4, -0.2) is 22.5 Å². The third-order valence-electron chi connectivity index (χ3n) is 2.33. The van der Waals surface area contributed by atoms with E-state index < -0.39 is 0 Å². The maximum atomic E-state index is 11.0. The Hall–Kier alpha value is -1.65. The normalized spacial score (nSPS) is 9.52. The van der Waals surface area contributed by atoms with Gasteiger partial charge in [0, 0.05) is 12.4 Å². The lowest BCUT2D eigenvalue weighted by Crippen LogP contribution is -2.07. The van der Waals surface area contributed by atoms with Gasteiger partial charge in [-0.15, -0.1) is 0 Å². The molecule has 0 saturated carbocycles. The first-order chi connectivity index (χ1) is 10.0. The summed E-state index contributed by atoms with van der Waals surface area (Å²) >= 11 is 11.2. The first-order valence-electron chi connectivity index (χ1n) is 6.35. The van der Waals surface area contributed by atoms with Crippen molar-refractivity contribution in [1.82, 2.24) is 9.97 Å². The van der Waals surface area contributed by atoms with Crippen LogP contribution in [0.2, 0.25) is 10.3 Å². The summed E-state index contributed by atoms with van der Waals surface area (Å²) in [6.07, 6.45) is 3.50. The van der Waals surface area contributed by atoms with Gasteiger partial charge in [-0.25, -0.2) is 9.97 Å². The molecule has 4 nitrogen and oxygen atoms in total. The summed E-state index contributed by atoms with van der Waals surface area (Å²) in [4.78, 5) is 18.6. The zero-order valence-corrected chi connectivity index (χ0v) is 13.4. The van der Waals surface area contributed by atoms with Crippen LogP contribution >= 0.6 is 23.2 Å². The Morgan fingerprint density at radius 3 is 2.24 bits per heavy atom. The molecule has 0 unspecified atom stereocenters. The summed E-state index contributed by atoms with van der Waals surface area (Å²) in [5.74, 6) is -0.246. The average molecular weight is 327 g/mol. The van der Waals surface area contributed by atoms with Crippen LogP contribution in [0.4, 0.5) is 0 Å². The number of hydrogen-bond donors (Lipinski definition) is 0. The molecule has 0 aliphatic carbocycles. The van der Waals surface area contributed by atoms with Gasteiger partial charge in [-0.3, -0.25) is 4.79 Å². The molecular weight excluding hydrogens is 311 g/mol. The molecule has 0 aliphatic rings. The Bertz CT molecular complexity index is 574. The number of pyridine rings is 2. The van der Waals surface area contributed by atoms with Crippen LogP contribution in [0.15, 0.2) is 36.7 Å². The number of hydrogen-bond acceptors (Lipinski definition) is 4. The predicted molar refractivity (Wildman–Crippen MR) is 83.6 cm³/mol. The zero-order chi connectivity index (χ0) is 15.7. The average Bonchev–Trinajstić information content (AvgIpc) is 2.39. The van der Waals surface area contributed by atoms with Gasteiger partial charge in [0.25, 0.3) is 0 Å². The minimum atomic E-state index is -0.246. The maximum absolute atomic E-state index is 11.0. The minimum Gasteiger partial charge on any atom is -0.466 e. The van der Waals surface area contributed by atoms with Crippen molar-refractivity contribution in [1.29, 1.82) is 0 Å². The van der Waals surface area contributed by atoms with Crippen molar-refractivity contribution in [2.24, 2.45) is 0 Å². The molecule has 2 aromatic heterocycles. The fraction of sp³-hybridized carbons (Fsp3) is 0.267. The van der Waals surface area contributed by atoms with Gasteiger partial charge in [-0.1, -0.05) is 23.2 Å². The van der Waals surface area contributed by atoms with Crippen LogP contribution in [-0.2, 0) is 16.0 Å². The smallest absolute Gasteiger partial charge is 0.310 e. The third-order valence-corrected chi connectivity index (χ3v) is 2.74.